The highest BCUT2D eigenvalue weighted by molar-refractivity contribution is 14.1. The third kappa shape index (κ3) is 2.06. The minimum atomic E-state index is -0.00647. The number of aryl methyl sites for hydroxylation is 1. The second-order valence-corrected chi connectivity index (χ2v) is 4.59. The first kappa shape index (κ1) is 11.1. The molecule has 0 aliphatic carbocycles. The molecule has 0 spiro atoms. The summed E-state index contributed by atoms with van der Waals surface area (Å²) in [7, 11) is 0. The predicted molar refractivity (Wildman–Crippen MR) is 69.8 cm³/mol. The number of hydrogen-bond donors (Lipinski definition) is 2. The van der Waals surface area contributed by atoms with Crippen LogP contribution in [-0.2, 0) is 0 Å². The van der Waals surface area contributed by atoms with Crippen LogP contribution in [0.1, 0.15) is 11.3 Å². The molecule has 0 aromatic carbocycles. The van der Waals surface area contributed by atoms with E-state index in [1.807, 2.05) is 19.2 Å². The van der Waals surface area contributed by atoms with E-state index in [1.54, 1.807) is 16.9 Å². The third-order valence-corrected chi connectivity index (χ3v) is 2.63. The normalized spacial score (nSPS) is 10.4. The standard InChI is InChI=1S/C10H10IN5/c1-6-2-3-8(9(12)13)10(15-6)16-5-7(11)4-14-16/h2-5H,1H3,(H3,12,13). The fourth-order valence-electron chi connectivity index (χ4n) is 1.34. The Bertz CT molecular complexity index is 546. The molecule has 2 heterocycles. The maximum Gasteiger partial charge on any atom is 0.164 e. The highest BCUT2D eigenvalue weighted by Crippen LogP contribution is 2.13. The molecule has 0 fully saturated rings. The number of amidine groups is 1. The molecule has 0 amide bonds. The summed E-state index contributed by atoms with van der Waals surface area (Å²) >= 11 is 2.17. The van der Waals surface area contributed by atoms with Crippen molar-refractivity contribution < 1.29 is 0 Å². The van der Waals surface area contributed by atoms with Crippen molar-refractivity contribution in [3.05, 3.63) is 39.4 Å². The molecule has 0 atom stereocenters. The minimum absolute atomic E-state index is 0.00647. The van der Waals surface area contributed by atoms with Crippen LogP contribution in [0.3, 0.4) is 0 Å². The number of hydrogen-bond acceptors (Lipinski definition) is 3. The van der Waals surface area contributed by atoms with Gasteiger partial charge in [0.25, 0.3) is 0 Å². The molecule has 2 aromatic heterocycles. The smallest absolute Gasteiger partial charge is 0.164 e. The fraction of sp³-hybridized carbons (Fsp3) is 0.100. The summed E-state index contributed by atoms with van der Waals surface area (Å²) in [5.41, 5.74) is 6.96. The number of aromatic nitrogens is 3. The van der Waals surface area contributed by atoms with Crippen molar-refractivity contribution in [2.75, 3.05) is 0 Å². The van der Waals surface area contributed by atoms with E-state index in [9.17, 15) is 0 Å². The summed E-state index contributed by atoms with van der Waals surface area (Å²) < 4.78 is 2.64. The van der Waals surface area contributed by atoms with Crippen LogP contribution in [0.25, 0.3) is 5.82 Å². The van der Waals surface area contributed by atoms with Gasteiger partial charge in [0.15, 0.2) is 5.82 Å². The Morgan fingerprint density at radius 2 is 2.25 bits per heavy atom. The van der Waals surface area contributed by atoms with E-state index in [0.717, 1.165) is 9.26 Å². The van der Waals surface area contributed by atoms with Gasteiger partial charge in [0.1, 0.15) is 5.84 Å². The Balaban J connectivity index is 2.62. The van der Waals surface area contributed by atoms with Crippen molar-refractivity contribution in [2.45, 2.75) is 6.92 Å². The molecule has 0 aliphatic rings. The molecular formula is C10H10IN5. The summed E-state index contributed by atoms with van der Waals surface area (Å²) in [5.74, 6) is 0.587. The molecule has 5 nitrogen and oxygen atoms in total. The Morgan fingerprint density at radius 1 is 1.50 bits per heavy atom. The van der Waals surface area contributed by atoms with Gasteiger partial charge < -0.3 is 5.73 Å². The van der Waals surface area contributed by atoms with E-state index in [-0.39, 0.29) is 5.84 Å². The number of nitrogens with zero attached hydrogens (tertiary/aromatic N) is 3. The molecule has 16 heavy (non-hydrogen) atoms. The van der Waals surface area contributed by atoms with E-state index in [4.69, 9.17) is 11.1 Å². The van der Waals surface area contributed by atoms with Crippen molar-refractivity contribution in [2.24, 2.45) is 5.73 Å². The zero-order valence-corrected chi connectivity index (χ0v) is 10.8. The molecule has 0 saturated heterocycles. The first-order chi connectivity index (χ1) is 7.58. The molecule has 6 heteroatoms. The lowest BCUT2D eigenvalue weighted by Crippen LogP contribution is -2.16. The van der Waals surface area contributed by atoms with Gasteiger partial charge in [0, 0.05) is 11.9 Å². The van der Waals surface area contributed by atoms with Crippen LogP contribution in [0.15, 0.2) is 24.5 Å². The molecule has 0 saturated carbocycles. The van der Waals surface area contributed by atoms with Crippen molar-refractivity contribution in [3.8, 4) is 5.82 Å². The zero-order chi connectivity index (χ0) is 11.7. The molecule has 3 N–H and O–H groups in total. The second kappa shape index (κ2) is 4.20. The molecule has 2 rings (SSSR count). The van der Waals surface area contributed by atoms with Crippen LogP contribution in [-0.4, -0.2) is 20.6 Å². The number of halogens is 1. The molecular weight excluding hydrogens is 317 g/mol. The van der Waals surface area contributed by atoms with Crippen LogP contribution >= 0.6 is 22.6 Å². The van der Waals surface area contributed by atoms with Gasteiger partial charge in [-0.1, -0.05) is 0 Å². The number of nitrogens with two attached hydrogens (primary N) is 1. The molecule has 0 unspecified atom stereocenters. The van der Waals surface area contributed by atoms with Gasteiger partial charge in [-0.2, -0.15) is 5.10 Å². The van der Waals surface area contributed by atoms with Gasteiger partial charge in [-0.3, -0.25) is 5.41 Å². The average molecular weight is 327 g/mol. The van der Waals surface area contributed by atoms with Gasteiger partial charge in [0.05, 0.1) is 15.3 Å². The average Bonchev–Trinajstić information content (AvgIpc) is 2.64. The Hall–Kier alpha value is -1.44. The largest absolute Gasteiger partial charge is 0.384 e. The lowest BCUT2D eigenvalue weighted by molar-refractivity contribution is 0.837. The Labute approximate surface area is 106 Å². The fourth-order valence-corrected chi connectivity index (χ4v) is 1.73. The van der Waals surface area contributed by atoms with Crippen LogP contribution in [0.5, 0.6) is 0 Å². The van der Waals surface area contributed by atoms with E-state index >= 15 is 0 Å². The molecule has 0 bridgehead atoms. The summed E-state index contributed by atoms with van der Waals surface area (Å²) in [5, 5.41) is 11.7. The molecule has 2 aromatic rings. The van der Waals surface area contributed by atoms with Gasteiger partial charge in [-0.05, 0) is 41.6 Å². The Kier molecular flexibility index (Phi) is 2.90. The number of rotatable bonds is 2. The van der Waals surface area contributed by atoms with Crippen molar-refractivity contribution in [3.63, 3.8) is 0 Å². The number of nitrogens with one attached hydrogen (secondary N) is 1. The summed E-state index contributed by atoms with van der Waals surface area (Å²) in [6.07, 6.45) is 3.57. The first-order valence-electron chi connectivity index (χ1n) is 4.60. The molecule has 0 aliphatic heterocycles. The van der Waals surface area contributed by atoms with Crippen molar-refractivity contribution >= 4 is 28.4 Å². The Morgan fingerprint density at radius 3 is 2.81 bits per heavy atom. The molecule has 82 valence electrons. The summed E-state index contributed by atoms with van der Waals surface area (Å²) in [6, 6.07) is 3.61. The van der Waals surface area contributed by atoms with Crippen molar-refractivity contribution in [1.29, 1.82) is 5.41 Å². The van der Waals surface area contributed by atoms with Crippen LogP contribution < -0.4 is 5.73 Å². The highest BCUT2D eigenvalue weighted by atomic mass is 127. The number of pyridine rings is 1. The quantitative estimate of drug-likeness (QED) is 0.498. The van der Waals surface area contributed by atoms with Crippen LogP contribution in [0, 0.1) is 15.9 Å². The van der Waals surface area contributed by atoms with E-state index in [0.29, 0.717) is 11.4 Å². The third-order valence-electron chi connectivity index (χ3n) is 2.07. The number of nitrogen functional groups attached to an aromatic ring is 1. The van der Waals surface area contributed by atoms with Crippen LogP contribution in [0.4, 0.5) is 0 Å². The van der Waals surface area contributed by atoms with Gasteiger partial charge in [-0.25, -0.2) is 9.67 Å². The maximum atomic E-state index is 7.50. The summed E-state index contributed by atoms with van der Waals surface area (Å²) in [4.78, 5) is 4.35. The zero-order valence-electron chi connectivity index (χ0n) is 8.61. The molecule has 0 radical (unpaired) electrons. The maximum absolute atomic E-state index is 7.50. The topological polar surface area (TPSA) is 80.6 Å². The lowest BCUT2D eigenvalue weighted by Gasteiger charge is -2.07. The van der Waals surface area contributed by atoms with E-state index in [1.165, 1.54) is 0 Å². The van der Waals surface area contributed by atoms with E-state index < -0.39 is 0 Å². The second-order valence-electron chi connectivity index (χ2n) is 3.34. The monoisotopic (exact) mass is 327 g/mol. The first-order valence-corrected chi connectivity index (χ1v) is 5.68. The van der Waals surface area contributed by atoms with E-state index in [2.05, 4.69) is 32.7 Å². The highest BCUT2D eigenvalue weighted by Gasteiger charge is 2.10. The van der Waals surface area contributed by atoms with Gasteiger partial charge >= 0.3 is 0 Å². The SMILES string of the molecule is Cc1ccc(C(=N)N)c(-n2cc(I)cn2)n1. The van der Waals surface area contributed by atoms with Crippen LogP contribution in [0.2, 0.25) is 0 Å². The van der Waals surface area contributed by atoms with Gasteiger partial charge in [0.2, 0.25) is 0 Å². The lowest BCUT2D eigenvalue weighted by atomic mass is 10.2. The van der Waals surface area contributed by atoms with Gasteiger partial charge in [-0.15, -0.1) is 0 Å². The minimum Gasteiger partial charge on any atom is -0.384 e. The summed E-state index contributed by atoms with van der Waals surface area (Å²) in [6.45, 7) is 1.89. The van der Waals surface area contributed by atoms with Crippen molar-refractivity contribution in [1.82, 2.24) is 14.8 Å². The predicted octanol–water partition coefficient (Wildman–Crippen LogP) is 1.46.